The van der Waals surface area contributed by atoms with Crippen molar-refractivity contribution in [2.24, 2.45) is 0 Å². The van der Waals surface area contributed by atoms with Crippen molar-refractivity contribution in [1.82, 2.24) is 10.3 Å². The molecule has 2 heterocycles. The number of hydrogen-bond acceptors (Lipinski definition) is 4. The number of anilines is 1. The zero-order chi connectivity index (χ0) is 18.2. The van der Waals surface area contributed by atoms with Gasteiger partial charge in [0.25, 0.3) is 0 Å². The summed E-state index contributed by atoms with van der Waals surface area (Å²) in [6, 6.07) is 13.5. The van der Waals surface area contributed by atoms with Crippen molar-refractivity contribution < 1.29 is 9.53 Å². The van der Waals surface area contributed by atoms with Gasteiger partial charge in [0.05, 0.1) is 6.61 Å². The fourth-order valence-corrected chi connectivity index (χ4v) is 3.17. The maximum atomic E-state index is 12.1. The van der Waals surface area contributed by atoms with Crippen LogP contribution in [0.1, 0.15) is 25.7 Å². The molecule has 1 aromatic heterocycles. The zero-order valence-corrected chi connectivity index (χ0v) is 15.5. The maximum Gasteiger partial charge on any atom is 0.220 e. The van der Waals surface area contributed by atoms with Gasteiger partial charge in [-0.3, -0.25) is 4.79 Å². The lowest BCUT2D eigenvalue weighted by Gasteiger charge is -2.33. The molecule has 1 amide bonds. The second-order valence-electron chi connectivity index (χ2n) is 6.42. The lowest BCUT2D eigenvalue weighted by Crippen LogP contribution is -2.44. The molecule has 1 aromatic carbocycles. The first-order valence-corrected chi connectivity index (χ1v) is 9.42. The number of halogens is 1. The van der Waals surface area contributed by atoms with Crippen LogP contribution in [0.4, 0.5) is 5.82 Å². The van der Waals surface area contributed by atoms with Crippen LogP contribution < -0.4 is 15.0 Å². The number of carbonyl (C=O) groups is 1. The lowest BCUT2D eigenvalue weighted by atomic mass is 10.0. The molecule has 0 saturated carbocycles. The first kappa shape index (κ1) is 18.5. The molecular formula is C20H24ClN3O2. The maximum absolute atomic E-state index is 12.1. The van der Waals surface area contributed by atoms with E-state index < -0.39 is 0 Å². The van der Waals surface area contributed by atoms with E-state index in [1.165, 1.54) is 0 Å². The summed E-state index contributed by atoms with van der Waals surface area (Å²) in [4.78, 5) is 18.8. The van der Waals surface area contributed by atoms with Gasteiger partial charge in [-0.25, -0.2) is 4.98 Å². The lowest BCUT2D eigenvalue weighted by molar-refractivity contribution is -0.122. The highest BCUT2D eigenvalue weighted by molar-refractivity contribution is 6.30. The summed E-state index contributed by atoms with van der Waals surface area (Å²) in [5.74, 6) is 1.88. The molecule has 0 atom stereocenters. The molecule has 1 aliphatic rings. The number of benzene rings is 1. The van der Waals surface area contributed by atoms with Gasteiger partial charge in [-0.05, 0) is 55.7 Å². The highest BCUT2D eigenvalue weighted by Crippen LogP contribution is 2.18. The number of piperidine rings is 1. The van der Waals surface area contributed by atoms with Crippen molar-refractivity contribution in [3.63, 3.8) is 0 Å². The number of nitrogens with one attached hydrogen (secondary N) is 1. The minimum absolute atomic E-state index is 0.0981. The summed E-state index contributed by atoms with van der Waals surface area (Å²) >= 11 is 5.84. The van der Waals surface area contributed by atoms with Gasteiger partial charge in [0, 0.05) is 36.8 Å². The number of rotatable bonds is 7. The molecule has 5 nitrogen and oxygen atoms in total. The normalized spacial score (nSPS) is 14.9. The van der Waals surface area contributed by atoms with Crippen LogP contribution in [-0.4, -0.2) is 36.6 Å². The Labute approximate surface area is 159 Å². The van der Waals surface area contributed by atoms with Gasteiger partial charge in [-0.2, -0.15) is 0 Å². The highest BCUT2D eigenvalue weighted by Gasteiger charge is 2.21. The topological polar surface area (TPSA) is 54.5 Å². The number of hydrogen-bond donors (Lipinski definition) is 1. The van der Waals surface area contributed by atoms with E-state index in [0.29, 0.717) is 24.5 Å². The van der Waals surface area contributed by atoms with Gasteiger partial charge < -0.3 is 15.0 Å². The fourth-order valence-electron chi connectivity index (χ4n) is 3.05. The molecule has 0 radical (unpaired) electrons. The van der Waals surface area contributed by atoms with Gasteiger partial charge in [-0.1, -0.05) is 17.7 Å². The van der Waals surface area contributed by atoms with Crippen molar-refractivity contribution >= 4 is 23.3 Å². The molecule has 1 N–H and O–H groups in total. The predicted molar refractivity (Wildman–Crippen MR) is 104 cm³/mol. The van der Waals surface area contributed by atoms with Gasteiger partial charge in [0.15, 0.2) is 0 Å². The van der Waals surface area contributed by atoms with Crippen molar-refractivity contribution in [3.05, 3.63) is 53.7 Å². The summed E-state index contributed by atoms with van der Waals surface area (Å²) in [5, 5.41) is 3.82. The molecule has 1 aliphatic heterocycles. The van der Waals surface area contributed by atoms with E-state index in [9.17, 15) is 4.79 Å². The number of ether oxygens (including phenoxy) is 1. The molecule has 6 heteroatoms. The van der Waals surface area contributed by atoms with E-state index in [2.05, 4.69) is 15.2 Å². The summed E-state index contributed by atoms with van der Waals surface area (Å²) < 4.78 is 5.61. The van der Waals surface area contributed by atoms with Crippen LogP contribution in [0.3, 0.4) is 0 Å². The third kappa shape index (κ3) is 5.63. The van der Waals surface area contributed by atoms with Crippen LogP contribution in [0, 0.1) is 0 Å². The van der Waals surface area contributed by atoms with E-state index in [-0.39, 0.29) is 11.9 Å². The van der Waals surface area contributed by atoms with Crippen LogP contribution in [0.5, 0.6) is 5.75 Å². The average molecular weight is 374 g/mol. The number of pyridine rings is 1. The Balaban J connectivity index is 1.31. The predicted octanol–water partition coefficient (Wildman–Crippen LogP) is 3.68. The average Bonchev–Trinajstić information content (AvgIpc) is 2.68. The molecule has 2 aromatic rings. The molecule has 1 fully saturated rings. The standard InChI is InChI=1S/C20H24ClN3O2/c21-16-6-8-18(9-7-16)26-15-3-5-20(25)23-17-10-13-24(14-11-17)19-4-1-2-12-22-19/h1-2,4,6-9,12,17H,3,5,10-11,13-15H2,(H,23,25). The molecule has 0 bridgehead atoms. The molecule has 138 valence electrons. The third-order valence-electron chi connectivity index (χ3n) is 4.46. The SMILES string of the molecule is O=C(CCCOc1ccc(Cl)cc1)NC1CCN(c2ccccn2)CC1. The minimum Gasteiger partial charge on any atom is -0.494 e. The van der Waals surface area contributed by atoms with Crippen molar-refractivity contribution in [2.45, 2.75) is 31.7 Å². The van der Waals surface area contributed by atoms with Crippen molar-refractivity contribution in [1.29, 1.82) is 0 Å². The Hall–Kier alpha value is -2.27. The molecule has 0 aliphatic carbocycles. The Bertz CT molecular complexity index is 686. The quantitative estimate of drug-likeness (QED) is 0.752. The smallest absolute Gasteiger partial charge is 0.220 e. The highest BCUT2D eigenvalue weighted by atomic mass is 35.5. The second kappa shape index (κ2) is 9.43. The molecule has 3 rings (SSSR count). The van der Waals surface area contributed by atoms with Crippen LogP contribution in [0.15, 0.2) is 48.7 Å². The summed E-state index contributed by atoms with van der Waals surface area (Å²) in [7, 11) is 0. The monoisotopic (exact) mass is 373 g/mol. The summed E-state index contributed by atoms with van der Waals surface area (Å²) in [6.45, 7) is 2.36. The fraction of sp³-hybridized carbons (Fsp3) is 0.400. The number of aromatic nitrogens is 1. The van der Waals surface area contributed by atoms with E-state index in [1.807, 2.05) is 36.5 Å². The molecule has 0 spiro atoms. The second-order valence-corrected chi connectivity index (χ2v) is 6.86. The van der Waals surface area contributed by atoms with E-state index >= 15 is 0 Å². The van der Waals surface area contributed by atoms with Crippen molar-refractivity contribution in [2.75, 3.05) is 24.6 Å². The summed E-state index contributed by atoms with van der Waals surface area (Å²) in [5.41, 5.74) is 0. The van der Waals surface area contributed by atoms with Gasteiger partial charge in [0.2, 0.25) is 5.91 Å². The number of nitrogens with zero attached hydrogens (tertiary/aromatic N) is 2. The third-order valence-corrected chi connectivity index (χ3v) is 4.72. The van der Waals surface area contributed by atoms with Gasteiger partial charge >= 0.3 is 0 Å². The number of carbonyl (C=O) groups excluding carboxylic acids is 1. The minimum atomic E-state index is 0.0981. The van der Waals surface area contributed by atoms with Crippen LogP contribution >= 0.6 is 11.6 Å². The van der Waals surface area contributed by atoms with Crippen molar-refractivity contribution in [3.8, 4) is 5.75 Å². The summed E-state index contributed by atoms with van der Waals surface area (Å²) in [6.07, 6.45) is 4.89. The molecule has 1 saturated heterocycles. The molecule has 26 heavy (non-hydrogen) atoms. The Morgan fingerprint density at radius 3 is 2.65 bits per heavy atom. The van der Waals surface area contributed by atoms with E-state index in [4.69, 9.17) is 16.3 Å². The largest absolute Gasteiger partial charge is 0.494 e. The Morgan fingerprint density at radius 2 is 1.96 bits per heavy atom. The van der Waals surface area contributed by atoms with Crippen LogP contribution in [0.25, 0.3) is 0 Å². The first-order chi connectivity index (χ1) is 12.7. The zero-order valence-electron chi connectivity index (χ0n) is 14.7. The van der Waals surface area contributed by atoms with E-state index in [1.54, 1.807) is 12.1 Å². The number of amides is 1. The van der Waals surface area contributed by atoms with E-state index in [0.717, 1.165) is 37.5 Å². The van der Waals surface area contributed by atoms with Gasteiger partial charge in [-0.15, -0.1) is 0 Å². The van der Waals surface area contributed by atoms with Crippen LogP contribution in [-0.2, 0) is 4.79 Å². The van der Waals surface area contributed by atoms with Crippen LogP contribution in [0.2, 0.25) is 5.02 Å². The Kier molecular flexibility index (Phi) is 6.72. The molecule has 0 unspecified atom stereocenters. The molecular weight excluding hydrogens is 350 g/mol. The Morgan fingerprint density at radius 1 is 1.19 bits per heavy atom. The van der Waals surface area contributed by atoms with Gasteiger partial charge in [0.1, 0.15) is 11.6 Å². The first-order valence-electron chi connectivity index (χ1n) is 9.04.